The molecular formula is C21H26O5. The van der Waals surface area contributed by atoms with Crippen LogP contribution < -0.4 is 0 Å². The molecular weight excluding hydrogens is 332 g/mol. The first-order chi connectivity index (χ1) is 12.2. The van der Waals surface area contributed by atoms with Crippen LogP contribution in [0.2, 0.25) is 0 Å². The van der Waals surface area contributed by atoms with E-state index >= 15 is 0 Å². The summed E-state index contributed by atoms with van der Waals surface area (Å²) >= 11 is 0. The number of carbonyl (C=O) groups excluding carboxylic acids is 3. The molecule has 4 rings (SSSR count). The molecule has 2 N–H and O–H groups in total. The minimum absolute atomic E-state index is 0.0200. The maximum atomic E-state index is 13.3. The number of Topliss-reactive ketones (excluding diaryl/α,β-unsaturated/α-hetero) is 1. The number of hydrogen-bond acceptors (Lipinski definition) is 5. The van der Waals surface area contributed by atoms with Crippen LogP contribution in [0, 0.1) is 28.6 Å². The summed E-state index contributed by atoms with van der Waals surface area (Å²) in [5.41, 5.74) is -1.75. The molecule has 140 valence electrons. The van der Waals surface area contributed by atoms with E-state index in [4.69, 9.17) is 0 Å². The molecule has 0 bridgehead atoms. The lowest BCUT2D eigenvalue weighted by atomic mass is 9.46. The first-order valence-electron chi connectivity index (χ1n) is 9.50. The van der Waals surface area contributed by atoms with Crippen molar-refractivity contribution in [3.05, 3.63) is 23.8 Å². The second kappa shape index (κ2) is 5.46. The molecule has 0 amide bonds. The molecule has 3 fully saturated rings. The van der Waals surface area contributed by atoms with Crippen molar-refractivity contribution in [2.45, 2.75) is 57.7 Å². The highest BCUT2D eigenvalue weighted by molar-refractivity contribution is 6.01. The molecule has 0 radical (unpaired) electrons. The number of rotatable bonds is 2. The average Bonchev–Trinajstić information content (AvgIpc) is 2.86. The highest BCUT2D eigenvalue weighted by atomic mass is 16.3. The number of carbonyl (C=O) groups is 3. The minimum atomic E-state index is -1.55. The molecule has 0 saturated heterocycles. The molecule has 4 aliphatic rings. The Hall–Kier alpha value is -1.59. The summed E-state index contributed by atoms with van der Waals surface area (Å²) in [6.07, 6.45) is 6.81. The lowest BCUT2D eigenvalue weighted by Gasteiger charge is -2.57. The van der Waals surface area contributed by atoms with Gasteiger partial charge in [0.2, 0.25) is 0 Å². The topological polar surface area (TPSA) is 91.7 Å². The molecule has 3 saturated carbocycles. The van der Waals surface area contributed by atoms with Crippen molar-refractivity contribution in [1.82, 2.24) is 0 Å². The zero-order valence-corrected chi connectivity index (χ0v) is 15.3. The summed E-state index contributed by atoms with van der Waals surface area (Å²) in [6.45, 7) is 3.90. The fourth-order valence-corrected chi connectivity index (χ4v) is 6.66. The predicted octanol–water partition coefficient (Wildman–Crippen LogP) is 1.76. The Bertz CT molecular complexity index is 752. The highest BCUT2D eigenvalue weighted by Gasteiger charge is 2.67. The summed E-state index contributed by atoms with van der Waals surface area (Å²) in [5.74, 6) is 0.0108. The molecule has 0 unspecified atom stereocenters. The van der Waals surface area contributed by atoms with Crippen LogP contribution in [-0.4, -0.2) is 39.8 Å². The molecule has 0 aromatic rings. The standard InChI is InChI=1S/C21H26O5/c1-19-7-5-13(23)9-12(19)3-4-14-15-6-8-21(26,17(25)11-22)20(15,2)10-16(24)18(14)19/h5,7,9,11,14-15,17-18,25-26H,3-4,6,8,10H2,1-2H3/t14-,15-,17-,18+,19-,20-,21-/m0/s1. The molecule has 4 aliphatic carbocycles. The van der Waals surface area contributed by atoms with Gasteiger partial charge in [-0.3, -0.25) is 9.59 Å². The second-order valence-corrected chi connectivity index (χ2v) is 9.08. The number of aliphatic hydroxyl groups is 2. The summed E-state index contributed by atoms with van der Waals surface area (Å²) in [5, 5.41) is 21.3. The summed E-state index contributed by atoms with van der Waals surface area (Å²) in [4.78, 5) is 36.3. The van der Waals surface area contributed by atoms with Gasteiger partial charge < -0.3 is 15.0 Å². The van der Waals surface area contributed by atoms with Gasteiger partial charge in [-0.15, -0.1) is 0 Å². The lowest BCUT2D eigenvalue weighted by Crippen LogP contribution is -2.61. The van der Waals surface area contributed by atoms with Crippen LogP contribution in [0.25, 0.3) is 0 Å². The van der Waals surface area contributed by atoms with E-state index in [-0.39, 0.29) is 35.7 Å². The maximum absolute atomic E-state index is 13.3. The fraction of sp³-hybridized carbons (Fsp3) is 0.667. The number of aliphatic hydroxyl groups excluding tert-OH is 1. The number of fused-ring (bicyclic) bond motifs is 5. The number of hydrogen-bond donors (Lipinski definition) is 2. The van der Waals surface area contributed by atoms with Gasteiger partial charge >= 0.3 is 0 Å². The molecule has 0 aliphatic heterocycles. The molecule has 0 spiro atoms. The molecule has 0 aromatic carbocycles. The molecule has 5 heteroatoms. The van der Waals surface area contributed by atoms with Crippen LogP contribution in [0.5, 0.6) is 0 Å². The second-order valence-electron chi connectivity index (χ2n) is 9.08. The smallest absolute Gasteiger partial charge is 0.178 e. The Kier molecular flexibility index (Phi) is 3.74. The Morgan fingerprint density at radius 3 is 2.69 bits per heavy atom. The zero-order chi connectivity index (χ0) is 18.9. The van der Waals surface area contributed by atoms with E-state index in [1.54, 1.807) is 12.2 Å². The predicted molar refractivity (Wildman–Crippen MR) is 94.0 cm³/mol. The molecule has 0 aromatic heterocycles. The van der Waals surface area contributed by atoms with Gasteiger partial charge in [-0.05, 0) is 49.7 Å². The molecule has 26 heavy (non-hydrogen) atoms. The zero-order valence-electron chi connectivity index (χ0n) is 15.3. The van der Waals surface area contributed by atoms with Crippen molar-refractivity contribution in [3.8, 4) is 0 Å². The monoisotopic (exact) mass is 358 g/mol. The summed E-state index contributed by atoms with van der Waals surface area (Å²) < 4.78 is 0. The summed E-state index contributed by atoms with van der Waals surface area (Å²) in [7, 11) is 0. The number of aldehydes is 1. The van der Waals surface area contributed by atoms with E-state index in [1.165, 1.54) is 0 Å². The first-order valence-corrected chi connectivity index (χ1v) is 9.50. The quantitative estimate of drug-likeness (QED) is 0.734. The van der Waals surface area contributed by atoms with Crippen molar-refractivity contribution < 1.29 is 24.6 Å². The van der Waals surface area contributed by atoms with E-state index in [2.05, 4.69) is 0 Å². The van der Waals surface area contributed by atoms with Gasteiger partial charge in [-0.2, -0.15) is 0 Å². The van der Waals surface area contributed by atoms with Crippen LogP contribution in [0.4, 0.5) is 0 Å². The van der Waals surface area contributed by atoms with Crippen LogP contribution in [0.15, 0.2) is 23.8 Å². The van der Waals surface area contributed by atoms with Gasteiger partial charge in [0, 0.05) is 23.2 Å². The third kappa shape index (κ3) is 2.01. The van der Waals surface area contributed by atoms with Gasteiger partial charge in [-0.25, -0.2) is 0 Å². The third-order valence-corrected chi connectivity index (χ3v) is 8.09. The Balaban J connectivity index is 1.76. The van der Waals surface area contributed by atoms with E-state index in [0.717, 1.165) is 18.4 Å². The van der Waals surface area contributed by atoms with Crippen LogP contribution in [0.1, 0.15) is 46.0 Å². The van der Waals surface area contributed by atoms with Crippen LogP contribution >= 0.6 is 0 Å². The van der Waals surface area contributed by atoms with Crippen molar-refractivity contribution in [2.75, 3.05) is 0 Å². The van der Waals surface area contributed by atoms with Crippen LogP contribution in [0.3, 0.4) is 0 Å². The Morgan fingerprint density at radius 1 is 1.27 bits per heavy atom. The average molecular weight is 358 g/mol. The molecule has 5 nitrogen and oxygen atoms in total. The van der Waals surface area contributed by atoms with Crippen molar-refractivity contribution in [2.24, 2.45) is 28.6 Å². The molecule has 0 heterocycles. The van der Waals surface area contributed by atoms with Gasteiger partial charge in [-0.1, -0.05) is 25.5 Å². The van der Waals surface area contributed by atoms with E-state index < -0.39 is 22.5 Å². The van der Waals surface area contributed by atoms with Crippen molar-refractivity contribution in [3.63, 3.8) is 0 Å². The SMILES string of the molecule is C[C@]12C=CC(=O)C=C1CC[C@@H]1[C@@H]2C(=O)C[C@@]2(C)[C@H]1CC[C@]2(O)[C@@H](O)C=O. The van der Waals surface area contributed by atoms with Crippen LogP contribution in [-0.2, 0) is 14.4 Å². The number of ketones is 2. The van der Waals surface area contributed by atoms with Gasteiger partial charge in [0.25, 0.3) is 0 Å². The minimum Gasteiger partial charge on any atom is -0.386 e. The normalized spacial score (nSPS) is 48.3. The van der Waals surface area contributed by atoms with E-state index in [9.17, 15) is 24.6 Å². The summed E-state index contributed by atoms with van der Waals surface area (Å²) in [6, 6.07) is 0. The van der Waals surface area contributed by atoms with Crippen molar-refractivity contribution >= 4 is 17.9 Å². The lowest BCUT2D eigenvalue weighted by molar-refractivity contribution is -0.179. The van der Waals surface area contributed by atoms with Gasteiger partial charge in [0.1, 0.15) is 17.5 Å². The number of allylic oxidation sites excluding steroid dienone is 4. The Morgan fingerprint density at radius 2 is 2.00 bits per heavy atom. The fourth-order valence-electron chi connectivity index (χ4n) is 6.66. The highest BCUT2D eigenvalue weighted by Crippen LogP contribution is 2.66. The third-order valence-electron chi connectivity index (χ3n) is 8.09. The maximum Gasteiger partial charge on any atom is 0.178 e. The van der Waals surface area contributed by atoms with Gasteiger partial charge in [0.05, 0.1) is 0 Å². The largest absolute Gasteiger partial charge is 0.386 e. The van der Waals surface area contributed by atoms with E-state index in [1.807, 2.05) is 19.9 Å². The Labute approximate surface area is 153 Å². The van der Waals surface area contributed by atoms with E-state index in [0.29, 0.717) is 19.1 Å². The molecule has 7 atom stereocenters. The van der Waals surface area contributed by atoms with Crippen molar-refractivity contribution in [1.29, 1.82) is 0 Å². The first kappa shape index (κ1) is 17.8. The van der Waals surface area contributed by atoms with Gasteiger partial charge in [0.15, 0.2) is 12.1 Å².